The van der Waals surface area contributed by atoms with E-state index in [-0.39, 0.29) is 22.6 Å². The summed E-state index contributed by atoms with van der Waals surface area (Å²) in [6.07, 6.45) is -7.03. The van der Waals surface area contributed by atoms with Crippen molar-refractivity contribution in [3.8, 4) is 23.0 Å². The SMILES string of the molecule is CCCc1ccc(C(c2cccc(C(F)(F)F)c2)(c2ccc(CCC)c3c2O3)C(F)(F)F)c2c1O2. The summed E-state index contributed by atoms with van der Waals surface area (Å²) in [7, 11) is 0. The van der Waals surface area contributed by atoms with Gasteiger partial charge in [-0.1, -0.05) is 69.2 Å². The highest BCUT2D eigenvalue weighted by Crippen LogP contribution is 2.66. The van der Waals surface area contributed by atoms with Crippen molar-refractivity contribution >= 4 is 0 Å². The van der Waals surface area contributed by atoms with Gasteiger partial charge in [-0.15, -0.1) is 0 Å². The molecule has 0 saturated heterocycles. The lowest BCUT2D eigenvalue weighted by molar-refractivity contribution is -0.167. The molecule has 0 N–H and O–H groups in total. The Morgan fingerprint density at radius 1 is 0.629 bits per heavy atom. The molecular weight excluding hydrogens is 470 g/mol. The Morgan fingerprint density at radius 3 is 1.54 bits per heavy atom. The van der Waals surface area contributed by atoms with E-state index in [0.29, 0.717) is 30.4 Å². The zero-order chi connectivity index (χ0) is 25.2. The lowest BCUT2D eigenvalue weighted by Gasteiger charge is -2.36. The highest BCUT2D eigenvalue weighted by atomic mass is 19.4. The normalized spacial score (nSPS) is 14.1. The van der Waals surface area contributed by atoms with Gasteiger partial charge in [0.25, 0.3) is 0 Å². The fraction of sp³-hybridized carbons (Fsp3) is 0.333. The predicted octanol–water partition coefficient (Wildman–Crippen LogP) is 8.72. The monoisotopic (exact) mass is 492 g/mol. The van der Waals surface area contributed by atoms with Gasteiger partial charge in [0.1, 0.15) is 5.41 Å². The molecular formula is C27H22F6O2. The third kappa shape index (κ3) is 3.65. The first-order valence-corrected chi connectivity index (χ1v) is 11.5. The third-order valence-electron chi connectivity index (χ3n) is 6.61. The quantitative estimate of drug-likeness (QED) is 0.129. The molecule has 184 valence electrons. The Balaban J connectivity index is 1.82. The zero-order valence-corrected chi connectivity index (χ0v) is 19.0. The van der Waals surface area contributed by atoms with E-state index < -0.39 is 28.9 Å². The Hall–Kier alpha value is -3.16. The van der Waals surface area contributed by atoms with E-state index >= 15 is 13.2 Å². The summed E-state index contributed by atoms with van der Waals surface area (Å²) in [6, 6.07) is 9.26. The van der Waals surface area contributed by atoms with E-state index in [1.54, 1.807) is 12.1 Å². The van der Waals surface area contributed by atoms with Crippen LogP contribution >= 0.6 is 0 Å². The molecule has 3 aromatic rings. The molecule has 2 heterocycles. The van der Waals surface area contributed by atoms with E-state index in [4.69, 9.17) is 9.47 Å². The van der Waals surface area contributed by atoms with Gasteiger partial charge in [-0.3, -0.25) is 0 Å². The van der Waals surface area contributed by atoms with Crippen LogP contribution in [0.3, 0.4) is 0 Å². The fourth-order valence-electron chi connectivity index (χ4n) is 4.98. The van der Waals surface area contributed by atoms with Crippen LogP contribution in [0.2, 0.25) is 0 Å². The van der Waals surface area contributed by atoms with E-state index in [0.717, 1.165) is 42.2 Å². The number of benzene rings is 3. The molecule has 8 heteroatoms. The third-order valence-corrected chi connectivity index (χ3v) is 6.61. The summed E-state index contributed by atoms with van der Waals surface area (Å²) in [5.74, 6) is 0.874. The average Bonchev–Trinajstić information content (AvgIpc) is 3.69. The van der Waals surface area contributed by atoms with Crippen LogP contribution in [-0.2, 0) is 24.4 Å². The van der Waals surface area contributed by atoms with Crippen molar-refractivity contribution in [2.24, 2.45) is 0 Å². The van der Waals surface area contributed by atoms with Crippen molar-refractivity contribution in [1.29, 1.82) is 0 Å². The van der Waals surface area contributed by atoms with Gasteiger partial charge in [-0.25, -0.2) is 0 Å². The number of alkyl halides is 6. The zero-order valence-electron chi connectivity index (χ0n) is 19.0. The maximum absolute atomic E-state index is 15.4. The van der Waals surface area contributed by atoms with Gasteiger partial charge in [0.2, 0.25) is 0 Å². The van der Waals surface area contributed by atoms with Crippen LogP contribution in [0, 0.1) is 0 Å². The Kier molecular flexibility index (Phi) is 5.34. The number of ether oxygens (including phenoxy) is 2. The molecule has 35 heavy (non-hydrogen) atoms. The van der Waals surface area contributed by atoms with Crippen LogP contribution in [-0.4, -0.2) is 6.18 Å². The minimum atomic E-state index is -5.00. The average molecular weight is 492 g/mol. The first-order chi connectivity index (χ1) is 16.5. The van der Waals surface area contributed by atoms with E-state index in [1.165, 1.54) is 12.1 Å². The molecule has 2 aliphatic rings. The standard InChI is InChI=1S/C27H22F6O2/c1-3-6-15-10-12-19(23-21(15)34-23)25(27(31,32)33,17-8-5-9-18(14-17)26(28,29)30)20-13-11-16(7-4-2)22-24(20)35-22/h5,8-14H,3-4,6-7H2,1-2H3. The molecule has 0 amide bonds. The molecule has 0 fully saturated rings. The van der Waals surface area contributed by atoms with Crippen LogP contribution in [0.25, 0.3) is 0 Å². The predicted molar refractivity (Wildman–Crippen MR) is 118 cm³/mol. The van der Waals surface area contributed by atoms with Crippen molar-refractivity contribution in [1.82, 2.24) is 0 Å². The highest BCUT2D eigenvalue weighted by Gasteiger charge is 2.63. The number of rotatable bonds is 7. The second-order valence-electron chi connectivity index (χ2n) is 8.89. The van der Waals surface area contributed by atoms with Crippen molar-refractivity contribution in [3.05, 3.63) is 81.9 Å². The summed E-state index contributed by atoms with van der Waals surface area (Å²) < 4.78 is 98.0. The van der Waals surface area contributed by atoms with Gasteiger partial charge in [0.15, 0.2) is 23.0 Å². The summed E-state index contributed by atoms with van der Waals surface area (Å²) in [5.41, 5.74) is -3.53. The molecule has 0 aliphatic carbocycles. The van der Waals surface area contributed by atoms with Gasteiger partial charge in [0.05, 0.1) is 5.56 Å². The van der Waals surface area contributed by atoms with Crippen LogP contribution in [0.1, 0.15) is 60.1 Å². The van der Waals surface area contributed by atoms with Crippen LogP contribution in [0.15, 0.2) is 48.5 Å². The van der Waals surface area contributed by atoms with Gasteiger partial charge >= 0.3 is 12.4 Å². The lowest BCUT2D eigenvalue weighted by Crippen LogP contribution is -2.44. The molecule has 0 atom stereocenters. The summed E-state index contributed by atoms with van der Waals surface area (Å²) in [4.78, 5) is 0. The number of aryl methyl sites for hydroxylation is 2. The van der Waals surface area contributed by atoms with Crippen molar-refractivity contribution in [2.45, 2.75) is 57.3 Å². The Labute approximate surface area is 198 Å². The highest BCUT2D eigenvalue weighted by molar-refractivity contribution is 5.75. The van der Waals surface area contributed by atoms with Crippen molar-refractivity contribution in [3.63, 3.8) is 0 Å². The van der Waals surface area contributed by atoms with Crippen molar-refractivity contribution in [2.75, 3.05) is 0 Å². The molecule has 3 aromatic carbocycles. The first kappa shape index (κ1) is 23.6. The van der Waals surface area contributed by atoms with Gasteiger partial charge in [0, 0.05) is 11.1 Å². The molecule has 0 unspecified atom stereocenters. The molecule has 2 aliphatic heterocycles. The second kappa shape index (κ2) is 7.93. The topological polar surface area (TPSA) is 25.1 Å². The van der Waals surface area contributed by atoms with E-state index in [1.807, 2.05) is 13.8 Å². The lowest BCUT2D eigenvalue weighted by atomic mass is 9.68. The smallest absolute Gasteiger partial charge is 0.416 e. The maximum Gasteiger partial charge on any atom is 0.416 e. The number of halogens is 6. The summed E-state index contributed by atoms with van der Waals surface area (Å²) in [6.45, 7) is 3.88. The van der Waals surface area contributed by atoms with Gasteiger partial charge in [-0.05, 0) is 35.6 Å². The number of fused-ring (bicyclic) bond motifs is 2. The van der Waals surface area contributed by atoms with E-state index in [2.05, 4.69) is 0 Å². The van der Waals surface area contributed by atoms with Crippen LogP contribution in [0.5, 0.6) is 23.0 Å². The molecule has 0 spiro atoms. The first-order valence-electron chi connectivity index (χ1n) is 11.5. The van der Waals surface area contributed by atoms with Crippen LogP contribution < -0.4 is 9.47 Å². The van der Waals surface area contributed by atoms with Gasteiger partial charge < -0.3 is 9.47 Å². The summed E-state index contributed by atoms with van der Waals surface area (Å²) >= 11 is 0. The molecule has 0 radical (unpaired) electrons. The molecule has 0 aromatic heterocycles. The number of hydrogen-bond acceptors (Lipinski definition) is 2. The molecule has 0 saturated carbocycles. The van der Waals surface area contributed by atoms with E-state index in [9.17, 15) is 13.2 Å². The number of hydrogen-bond donors (Lipinski definition) is 0. The fourth-order valence-corrected chi connectivity index (χ4v) is 4.98. The minimum Gasteiger partial charge on any atom is -0.449 e. The largest absolute Gasteiger partial charge is 0.449 e. The second-order valence-corrected chi connectivity index (χ2v) is 8.89. The van der Waals surface area contributed by atoms with Crippen LogP contribution in [0.4, 0.5) is 26.3 Å². The van der Waals surface area contributed by atoms with Crippen molar-refractivity contribution < 1.29 is 35.8 Å². The van der Waals surface area contributed by atoms with Gasteiger partial charge in [-0.2, -0.15) is 26.3 Å². The Morgan fingerprint density at radius 2 is 1.11 bits per heavy atom. The summed E-state index contributed by atoms with van der Waals surface area (Å²) in [5, 5.41) is 0. The molecule has 5 rings (SSSR count). The Bertz CT molecular complexity index is 1240. The molecule has 2 nitrogen and oxygen atoms in total. The minimum absolute atomic E-state index is 0.0673. The maximum atomic E-state index is 15.4. The molecule has 0 bridgehead atoms.